The minimum Gasteiger partial charge on any atom is -0.462 e. The van der Waals surface area contributed by atoms with Crippen LogP contribution in [0.25, 0.3) is 0 Å². The van der Waals surface area contributed by atoms with Crippen LogP contribution < -0.4 is 16.0 Å². The van der Waals surface area contributed by atoms with Crippen molar-refractivity contribution >= 4 is 58.0 Å². The van der Waals surface area contributed by atoms with Crippen LogP contribution in [0.1, 0.15) is 36.2 Å². The quantitative estimate of drug-likeness (QED) is 0.174. The van der Waals surface area contributed by atoms with E-state index in [1.54, 1.807) is 31.2 Å². The van der Waals surface area contributed by atoms with Crippen LogP contribution in [0, 0.1) is 6.92 Å². The highest BCUT2D eigenvalue weighted by Crippen LogP contribution is 2.29. The Balaban J connectivity index is 1.58. The summed E-state index contributed by atoms with van der Waals surface area (Å²) in [4.78, 5) is 25.6. The Morgan fingerprint density at radius 2 is 1.51 bits per heavy atom. The molecule has 0 spiro atoms. The molecular formula is C27H29N3O3S2. The van der Waals surface area contributed by atoms with Crippen LogP contribution in [0.2, 0.25) is 0 Å². The van der Waals surface area contributed by atoms with Gasteiger partial charge in [0.15, 0.2) is 5.11 Å². The molecule has 3 aromatic carbocycles. The summed E-state index contributed by atoms with van der Waals surface area (Å²) in [6.07, 6.45) is 0.655. The van der Waals surface area contributed by atoms with E-state index in [1.165, 1.54) is 17.3 Å². The average Bonchev–Trinajstić information content (AvgIpc) is 2.84. The minimum absolute atomic E-state index is 0.101. The van der Waals surface area contributed by atoms with Crippen molar-refractivity contribution in [3.63, 3.8) is 0 Å². The summed E-state index contributed by atoms with van der Waals surface area (Å²) in [5, 5.41) is 9.51. The van der Waals surface area contributed by atoms with Gasteiger partial charge in [0, 0.05) is 22.0 Å². The van der Waals surface area contributed by atoms with Crippen LogP contribution in [0.5, 0.6) is 0 Å². The maximum atomic E-state index is 12.9. The molecule has 0 aliphatic carbocycles. The molecule has 35 heavy (non-hydrogen) atoms. The van der Waals surface area contributed by atoms with Gasteiger partial charge in [-0.1, -0.05) is 30.7 Å². The smallest absolute Gasteiger partial charge is 0.338 e. The van der Waals surface area contributed by atoms with Gasteiger partial charge in [-0.15, -0.1) is 11.8 Å². The van der Waals surface area contributed by atoms with Crippen molar-refractivity contribution in [2.24, 2.45) is 0 Å². The molecular weight excluding hydrogens is 478 g/mol. The fourth-order valence-electron chi connectivity index (χ4n) is 3.19. The zero-order chi connectivity index (χ0) is 25.2. The Kier molecular flexibility index (Phi) is 9.69. The van der Waals surface area contributed by atoms with E-state index < -0.39 is 0 Å². The number of esters is 1. The lowest BCUT2D eigenvalue weighted by atomic mass is 10.2. The fourth-order valence-corrected chi connectivity index (χ4v) is 4.44. The molecule has 3 aromatic rings. The van der Waals surface area contributed by atoms with Crippen LogP contribution in [0.3, 0.4) is 0 Å². The average molecular weight is 508 g/mol. The summed E-state index contributed by atoms with van der Waals surface area (Å²) >= 11 is 6.92. The zero-order valence-corrected chi connectivity index (χ0v) is 21.6. The Morgan fingerprint density at radius 3 is 2.17 bits per heavy atom. The van der Waals surface area contributed by atoms with Crippen molar-refractivity contribution in [3.8, 4) is 0 Å². The number of anilines is 3. The zero-order valence-electron chi connectivity index (χ0n) is 20.0. The van der Waals surface area contributed by atoms with Crippen LogP contribution >= 0.6 is 24.0 Å². The molecule has 0 saturated heterocycles. The normalized spacial score (nSPS) is 11.3. The van der Waals surface area contributed by atoms with Crippen molar-refractivity contribution in [1.82, 2.24) is 0 Å². The monoisotopic (exact) mass is 507 g/mol. The van der Waals surface area contributed by atoms with E-state index in [9.17, 15) is 9.59 Å². The number of amides is 1. The molecule has 182 valence electrons. The van der Waals surface area contributed by atoms with E-state index in [0.717, 1.165) is 16.3 Å². The summed E-state index contributed by atoms with van der Waals surface area (Å²) in [6, 6.07) is 22.5. The summed E-state index contributed by atoms with van der Waals surface area (Å²) in [5.41, 5.74) is 4.01. The van der Waals surface area contributed by atoms with Crippen LogP contribution in [-0.2, 0) is 9.53 Å². The molecule has 3 rings (SSSR count). The number of thiocarbonyl (C=S) groups is 1. The van der Waals surface area contributed by atoms with E-state index >= 15 is 0 Å². The van der Waals surface area contributed by atoms with E-state index in [0.29, 0.717) is 29.4 Å². The van der Waals surface area contributed by atoms with Crippen LogP contribution in [0.4, 0.5) is 17.1 Å². The number of carbonyl (C=O) groups excluding carboxylic acids is 2. The molecule has 8 heteroatoms. The van der Waals surface area contributed by atoms with E-state index in [1.807, 2.05) is 62.4 Å². The second-order valence-corrected chi connectivity index (χ2v) is 9.46. The SMILES string of the molecule is CCOC(=O)c1ccc(NC(=O)C(CC)Sc2cccc(NC(=S)Nc3ccc(C)cc3)c2)cc1. The predicted molar refractivity (Wildman–Crippen MR) is 148 cm³/mol. The molecule has 1 amide bonds. The van der Waals surface area contributed by atoms with Crippen molar-refractivity contribution in [2.75, 3.05) is 22.6 Å². The van der Waals surface area contributed by atoms with E-state index in [2.05, 4.69) is 16.0 Å². The number of carbonyl (C=O) groups is 2. The second-order valence-electron chi connectivity index (χ2n) is 7.77. The molecule has 0 aliphatic rings. The largest absolute Gasteiger partial charge is 0.462 e. The highest BCUT2D eigenvalue weighted by molar-refractivity contribution is 8.00. The summed E-state index contributed by atoms with van der Waals surface area (Å²) < 4.78 is 4.99. The van der Waals surface area contributed by atoms with Crippen molar-refractivity contribution < 1.29 is 14.3 Å². The van der Waals surface area contributed by atoms with Crippen molar-refractivity contribution in [3.05, 3.63) is 83.9 Å². The number of hydrogen-bond acceptors (Lipinski definition) is 5. The molecule has 0 aromatic heterocycles. The first-order valence-corrected chi connectivity index (χ1v) is 12.7. The molecule has 0 fully saturated rings. The van der Waals surface area contributed by atoms with Gasteiger partial charge in [-0.25, -0.2) is 4.79 Å². The van der Waals surface area contributed by atoms with Gasteiger partial charge in [0.2, 0.25) is 5.91 Å². The predicted octanol–water partition coefficient (Wildman–Crippen LogP) is 6.49. The Morgan fingerprint density at radius 1 is 0.886 bits per heavy atom. The maximum absolute atomic E-state index is 12.9. The molecule has 1 atom stereocenters. The van der Waals surface area contributed by atoms with Gasteiger partial charge in [-0.3, -0.25) is 4.79 Å². The van der Waals surface area contributed by atoms with Crippen LogP contribution in [-0.4, -0.2) is 28.8 Å². The molecule has 0 bridgehead atoms. The van der Waals surface area contributed by atoms with Gasteiger partial charge >= 0.3 is 5.97 Å². The third kappa shape index (κ3) is 8.12. The molecule has 0 saturated carbocycles. The number of benzene rings is 3. The maximum Gasteiger partial charge on any atom is 0.338 e. The Labute approximate surface area is 215 Å². The van der Waals surface area contributed by atoms with Gasteiger partial charge in [0.25, 0.3) is 0 Å². The Bertz CT molecular complexity index is 1170. The first-order chi connectivity index (χ1) is 16.9. The molecule has 1 unspecified atom stereocenters. The number of rotatable bonds is 9. The fraction of sp³-hybridized carbons (Fsp3) is 0.222. The summed E-state index contributed by atoms with van der Waals surface area (Å²) in [7, 11) is 0. The molecule has 0 heterocycles. The van der Waals surface area contributed by atoms with Gasteiger partial charge in [0.1, 0.15) is 0 Å². The van der Waals surface area contributed by atoms with Crippen LogP contribution in [0.15, 0.2) is 77.7 Å². The topological polar surface area (TPSA) is 79.5 Å². The lowest BCUT2D eigenvalue weighted by molar-refractivity contribution is -0.115. The molecule has 6 nitrogen and oxygen atoms in total. The third-order valence-electron chi connectivity index (χ3n) is 5.01. The van der Waals surface area contributed by atoms with Gasteiger partial charge in [0.05, 0.1) is 17.4 Å². The lowest BCUT2D eigenvalue weighted by Gasteiger charge is -2.16. The van der Waals surface area contributed by atoms with Crippen molar-refractivity contribution in [1.29, 1.82) is 0 Å². The summed E-state index contributed by atoms with van der Waals surface area (Å²) in [5.74, 6) is -0.481. The van der Waals surface area contributed by atoms with Crippen molar-refractivity contribution in [2.45, 2.75) is 37.3 Å². The first kappa shape index (κ1) is 26.2. The number of nitrogens with one attached hydrogen (secondary N) is 3. The van der Waals surface area contributed by atoms with Gasteiger partial charge < -0.3 is 20.7 Å². The molecule has 3 N–H and O–H groups in total. The third-order valence-corrected chi connectivity index (χ3v) is 6.57. The number of ether oxygens (including phenoxy) is 1. The Hall–Kier alpha value is -3.36. The second kappa shape index (κ2) is 12.9. The molecule has 0 radical (unpaired) electrons. The first-order valence-electron chi connectivity index (χ1n) is 11.4. The minimum atomic E-state index is -0.380. The standard InChI is InChI=1S/C27H29N3O3S2/c1-4-24(25(31)28-20-15-11-19(12-16-20)26(32)33-5-2)35-23-8-6-7-22(17-23)30-27(34)29-21-13-9-18(3)10-14-21/h6-17,24H,4-5H2,1-3H3,(H,28,31)(H2,29,30,34). The van der Waals surface area contributed by atoms with Gasteiger partial charge in [-0.05, 0) is 87.1 Å². The van der Waals surface area contributed by atoms with E-state index in [4.69, 9.17) is 17.0 Å². The number of thioether (sulfide) groups is 1. The highest BCUT2D eigenvalue weighted by Gasteiger charge is 2.18. The summed E-state index contributed by atoms with van der Waals surface area (Å²) in [6.45, 7) is 6.09. The number of aryl methyl sites for hydroxylation is 1. The highest BCUT2D eigenvalue weighted by atomic mass is 32.2. The molecule has 0 aliphatic heterocycles. The lowest BCUT2D eigenvalue weighted by Crippen LogP contribution is -2.24. The van der Waals surface area contributed by atoms with E-state index in [-0.39, 0.29) is 17.1 Å². The van der Waals surface area contributed by atoms with Gasteiger partial charge in [-0.2, -0.15) is 0 Å². The number of hydrogen-bond donors (Lipinski definition) is 3.